The standard InChI is InChI=1S/C24H30ClFN2O3/c1-2-31-24(30)18(9-10-28-14-21(29)15-28)12-20(27)11-16-3-5-17(6-4-16)22-13-19(25)7-8-23(22)26/h3-8,13,18,20-21,29H,2,9-12,14-15,27H2,1H3/t18-,20-/m1/s1. The monoisotopic (exact) mass is 448 g/mol. The predicted molar refractivity (Wildman–Crippen MR) is 120 cm³/mol. The number of aliphatic hydroxyl groups excluding tert-OH is 1. The minimum atomic E-state index is -0.319. The Morgan fingerprint density at radius 3 is 2.65 bits per heavy atom. The maximum Gasteiger partial charge on any atom is 0.309 e. The number of hydrogen-bond acceptors (Lipinski definition) is 5. The number of ether oxygens (including phenoxy) is 1. The number of nitrogens with zero attached hydrogens (tertiary/aromatic N) is 1. The van der Waals surface area contributed by atoms with Gasteiger partial charge in [0, 0.05) is 29.7 Å². The Kier molecular flexibility index (Phi) is 8.43. The maximum absolute atomic E-state index is 14.1. The number of likely N-dealkylation sites (tertiary alicyclic amines) is 1. The average Bonchev–Trinajstić information content (AvgIpc) is 2.72. The molecule has 2 aromatic carbocycles. The van der Waals surface area contributed by atoms with Gasteiger partial charge in [0.1, 0.15) is 5.82 Å². The predicted octanol–water partition coefficient (Wildman–Crippen LogP) is 3.65. The molecule has 168 valence electrons. The van der Waals surface area contributed by atoms with Crippen LogP contribution in [0.3, 0.4) is 0 Å². The number of carbonyl (C=O) groups is 1. The molecule has 0 unspecified atom stereocenters. The molecular formula is C24H30ClFN2O3. The molecule has 1 heterocycles. The Hall–Kier alpha value is -1.99. The van der Waals surface area contributed by atoms with Gasteiger partial charge < -0.3 is 15.6 Å². The normalized spacial score (nSPS) is 16.5. The van der Waals surface area contributed by atoms with Crippen molar-refractivity contribution < 1.29 is 19.0 Å². The van der Waals surface area contributed by atoms with Crippen molar-refractivity contribution in [1.82, 2.24) is 4.90 Å². The third-order valence-electron chi connectivity index (χ3n) is 5.63. The van der Waals surface area contributed by atoms with Crippen molar-refractivity contribution in [3.8, 4) is 11.1 Å². The average molecular weight is 449 g/mol. The summed E-state index contributed by atoms with van der Waals surface area (Å²) in [5.74, 6) is -0.806. The molecule has 0 amide bonds. The van der Waals surface area contributed by atoms with E-state index in [1.807, 2.05) is 24.3 Å². The molecule has 0 saturated carbocycles. The highest BCUT2D eigenvalue weighted by molar-refractivity contribution is 6.30. The van der Waals surface area contributed by atoms with Gasteiger partial charge in [-0.3, -0.25) is 9.69 Å². The van der Waals surface area contributed by atoms with Gasteiger partial charge in [-0.05, 0) is 62.1 Å². The third-order valence-corrected chi connectivity index (χ3v) is 5.87. The van der Waals surface area contributed by atoms with Crippen molar-refractivity contribution in [3.05, 3.63) is 58.9 Å². The lowest BCUT2D eigenvalue weighted by Gasteiger charge is -2.36. The molecular weight excluding hydrogens is 419 g/mol. The van der Waals surface area contributed by atoms with E-state index in [1.165, 1.54) is 12.1 Å². The summed E-state index contributed by atoms with van der Waals surface area (Å²) in [4.78, 5) is 14.5. The van der Waals surface area contributed by atoms with Crippen LogP contribution in [0, 0.1) is 11.7 Å². The fourth-order valence-electron chi connectivity index (χ4n) is 3.95. The quantitative estimate of drug-likeness (QED) is 0.542. The number of esters is 1. The van der Waals surface area contributed by atoms with Crippen molar-refractivity contribution in [2.75, 3.05) is 26.2 Å². The minimum absolute atomic E-state index is 0.204. The van der Waals surface area contributed by atoms with E-state index in [9.17, 15) is 14.3 Å². The largest absolute Gasteiger partial charge is 0.466 e. The zero-order chi connectivity index (χ0) is 22.4. The molecule has 3 N–H and O–H groups in total. The second-order valence-electron chi connectivity index (χ2n) is 8.17. The molecule has 0 aromatic heterocycles. The molecule has 1 saturated heterocycles. The Morgan fingerprint density at radius 1 is 1.29 bits per heavy atom. The van der Waals surface area contributed by atoms with Crippen LogP contribution in [-0.2, 0) is 16.0 Å². The molecule has 2 atom stereocenters. The van der Waals surface area contributed by atoms with Crippen LogP contribution in [0.2, 0.25) is 5.02 Å². The first-order valence-electron chi connectivity index (χ1n) is 10.7. The molecule has 5 nitrogen and oxygen atoms in total. The van der Waals surface area contributed by atoms with Crippen molar-refractivity contribution in [2.24, 2.45) is 11.7 Å². The van der Waals surface area contributed by atoms with Crippen LogP contribution in [0.15, 0.2) is 42.5 Å². The summed E-state index contributed by atoms with van der Waals surface area (Å²) in [6.45, 7) is 4.19. The van der Waals surface area contributed by atoms with Crippen LogP contribution in [0.4, 0.5) is 4.39 Å². The SMILES string of the molecule is CCOC(=O)[C@H](CCN1CC(O)C1)C[C@H](N)Cc1ccc(-c2cc(Cl)ccc2F)cc1. The number of aliphatic hydroxyl groups is 1. The molecule has 0 radical (unpaired) electrons. The molecule has 1 aliphatic rings. The second-order valence-corrected chi connectivity index (χ2v) is 8.61. The van der Waals surface area contributed by atoms with E-state index < -0.39 is 0 Å². The summed E-state index contributed by atoms with van der Waals surface area (Å²) in [5.41, 5.74) is 8.60. The molecule has 7 heteroatoms. The zero-order valence-electron chi connectivity index (χ0n) is 17.8. The topological polar surface area (TPSA) is 75.8 Å². The van der Waals surface area contributed by atoms with Gasteiger partial charge in [-0.15, -0.1) is 0 Å². The lowest BCUT2D eigenvalue weighted by Crippen LogP contribution is -2.51. The van der Waals surface area contributed by atoms with Crippen molar-refractivity contribution in [1.29, 1.82) is 0 Å². The number of hydrogen-bond donors (Lipinski definition) is 2. The Balaban J connectivity index is 1.58. The number of benzene rings is 2. The van der Waals surface area contributed by atoms with Crippen LogP contribution in [0.1, 0.15) is 25.3 Å². The van der Waals surface area contributed by atoms with Crippen LogP contribution < -0.4 is 5.73 Å². The fraction of sp³-hybridized carbons (Fsp3) is 0.458. The van der Waals surface area contributed by atoms with Crippen molar-refractivity contribution in [2.45, 2.75) is 38.3 Å². The first kappa shape index (κ1) is 23.7. The van der Waals surface area contributed by atoms with Gasteiger partial charge in [0.25, 0.3) is 0 Å². The summed E-state index contributed by atoms with van der Waals surface area (Å²) >= 11 is 5.99. The van der Waals surface area contributed by atoms with Gasteiger partial charge in [-0.25, -0.2) is 4.39 Å². The van der Waals surface area contributed by atoms with Crippen LogP contribution in [0.25, 0.3) is 11.1 Å². The highest BCUT2D eigenvalue weighted by atomic mass is 35.5. The van der Waals surface area contributed by atoms with Crippen molar-refractivity contribution >= 4 is 17.6 Å². The van der Waals surface area contributed by atoms with Crippen LogP contribution >= 0.6 is 11.6 Å². The van der Waals surface area contributed by atoms with E-state index in [-0.39, 0.29) is 29.9 Å². The molecule has 0 spiro atoms. The Bertz CT molecular complexity index is 872. The maximum atomic E-state index is 14.1. The molecule has 1 aliphatic heterocycles. The van der Waals surface area contributed by atoms with E-state index in [0.29, 0.717) is 49.5 Å². The summed E-state index contributed by atoms with van der Waals surface area (Å²) in [6.07, 6.45) is 1.54. The van der Waals surface area contributed by atoms with Gasteiger partial charge in [0.15, 0.2) is 0 Å². The van der Waals surface area contributed by atoms with E-state index >= 15 is 0 Å². The zero-order valence-corrected chi connectivity index (χ0v) is 18.5. The lowest BCUT2D eigenvalue weighted by atomic mass is 9.92. The van der Waals surface area contributed by atoms with E-state index in [4.69, 9.17) is 22.1 Å². The second kappa shape index (κ2) is 11.0. The number of nitrogens with two attached hydrogens (primary N) is 1. The van der Waals surface area contributed by atoms with E-state index in [0.717, 1.165) is 17.7 Å². The highest BCUT2D eigenvalue weighted by Crippen LogP contribution is 2.27. The van der Waals surface area contributed by atoms with Gasteiger partial charge in [0.05, 0.1) is 18.6 Å². The third kappa shape index (κ3) is 6.74. The lowest BCUT2D eigenvalue weighted by molar-refractivity contribution is -0.149. The van der Waals surface area contributed by atoms with Gasteiger partial charge >= 0.3 is 5.97 Å². The first-order valence-corrected chi connectivity index (χ1v) is 11.1. The van der Waals surface area contributed by atoms with E-state index in [1.54, 1.807) is 13.0 Å². The number of β-amino-alcohol motifs (C(OH)–C–C–N with tert-alkyl or cyclic N) is 1. The Labute approximate surface area is 187 Å². The molecule has 31 heavy (non-hydrogen) atoms. The number of carbonyl (C=O) groups excluding carboxylic acids is 1. The highest BCUT2D eigenvalue weighted by Gasteiger charge is 2.28. The van der Waals surface area contributed by atoms with Gasteiger partial charge in [-0.2, -0.15) is 0 Å². The summed E-state index contributed by atoms with van der Waals surface area (Å²) < 4.78 is 19.3. The summed E-state index contributed by atoms with van der Waals surface area (Å²) in [5, 5.41) is 9.91. The fourth-order valence-corrected chi connectivity index (χ4v) is 4.12. The smallest absolute Gasteiger partial charge is 0.309 e. The summed E-state index contributed by atoms with van der Waals surface area (Å²) in [6, 6.07) is 11.9. The van der Waals surface area contributed by atoms with Crippen LogP contribution in [-0.4, -0.2) is 54.4 Å². The number of halogens is 2. The first-order chi connectivity index (χ1) is 14.9. The summed E-state index contributed by atoms with van der Waals surface area (Å²) in [7, 11) is 0. The molecule has 3 rings (SSSR count). The number of rotatable bonds is 10. The van der Waals surface area contributed by atoms with Gasteiger partial charge in [-0.1, -0.05) is 35.9 Å². The molecule has 0 bridgehead atoms. The Morgan fingerprint density at radius 2 is 2.00 bits per heavy atom. The van der Waals surface area contributed by atoms with Crippen molar-refractivity contribution in [3.63, 3.8) is 0 Å². The van der Waals surface area contributed by atoms with Gasteiger partial charge in [0.2, 0.25) is 0 Å². The van der Waals surface area contributed by atoms with Crippen LogP contribution in [0.5, 0.6) is 0 Å². The molecule has 1 fully saturated rings. The van der Waals surface area contributed by atoms with E-state index in [2.05, 4.69) is 4.90 Å². The molecule has 0 aliphatic carbocycles. The molecule has 2 aromatic rings. The minimum Gasteiger partial charge on any atom is -0.466 e.